The van der Waals surface area contributed by atoms with Gasteiger partial charge in [-0.25, -0.2) is 0 Å². The Labute approximate surface area is 448 Å². The van der Waals surface area contributed by atoms with Crippen molar-refractivity contribution in [3.8, 4) is 44.5 Å². The van der Waals surface area contributed by atoms with Gasteiger partial charge in [0.2, 0.25) is 0 Å². The Balaban J connectivity index is 1.11. The van der Waals surface area contributed by atoms with Crippen molar-refractivity contribution in [2.45, 2.75) is 85.0 Å². The van der Waals surface area contributed by atoms with E-state index in [0.29, 0.717) is 11.8 Å². The van der Waals surface area contributed by atoms with Gasteiger partial charge in [-0.1, -0.05) is 206 Å². The van der Waals surface area contributed by atoms with E-state index < -0.39 is 5.41 Å². The van der Waals surface area contributed by atoms with Gasteiger partial charge in [0.25, 0.3) is 6.71 Å². The normalized spacial score (nSPS) is 14.2. The third-order valence-corrected chi connectivity index (χ3v) is 18.4. The molecule has 0 fully saturated rings. The minimum atomic E-state index is -0.484. The first-order valence-corrected chi connectivity index (χ1v) is 27.9. The summed E-state index contributed by atoms with van der Waals surface area (Å²) in [6, 6.07) is 75.3. The molecule has 0 amide bonds. The lowest BCUT2D eigenvalue weighted by Gasteiger charge is -2.44. The van der Waals surface area contributed by atoms with E-state index in [1.54, 1.807) is 0 Å². The quantitative estimate of drug-likeness (QED) is 0.153. The van der Waals surface area contributed by atoms with E-state index in [0.717, 1.165) is 0 Å². The fourth-order valence-electron chi connectivity index (χ4n) is 13.4. The van der Waals surface area contributed by atoms with Crippen LogP contribution in [0, 0.1) is 13.8 Å². The molecule has 2 aliphatic heterocycles. The zero-order valence-electron chi connectivity index (χ0n) is 44.5. The average molecular weight is 985 g/mol. The molecule has 2 nitrogen and oxygen atoms in total. The van der Waals surface area contributed by atoms with Crippen molar-refractivity contribution in [3.05, 3.63) is 244 Å². The maximum absolute atomic E-state index is 2.68. The summed E-state index contributed by atoms with van der Waals surface area (Å²) in [4.78, 5) is 6.72. The van der Waals surface area contributed by atoms with Crippen LogP contribution in [0.5, 0.6) is 0 Å². The second-order valence-corrected chi connectivity index (χ2v) is 24.4. The van der Waals surface area contributed by atoms with Crippen LogP contribution in [0.15, 0.2) is 194 Å². The van der Waals surface area contributed by atoms with E-state index in [-0.39, 0.29) is 12.1 Å². The number of hydrogen-bond donors (Lipinski definition) is 0. The largest absolute Gasteiger partial charge is 0.311 e. The number of hydrogen-bond acceptors (Lipinski definition) is 3. The summed E-state index contributed by atoms with van der Waals surface area (Å²) >= 11 is 2.08. The van der Waals surface area contributed by atoms with Crippen LogP contribution in [0.2, 0.25) is 0 Å². The minimum Gasteiger partial charge on any atom is -0.311 e. The van der Waals surface area contributed by atoms with Crippen LogP contribution < -0.4 is 25.5 Å². The van der Waals surface area contributed by atoms with Crippen molar-refractivity contribution in [2.24, 2.45) is 0 Å². The standard InChI is InChI=1S/C71H61BN2S/c1-42(2)46-24-30-51(31-25-46)73-62-41-49(57-37-44(5)23-34-53(57)47-17-11-10-12-18-47)27-36-61(62)72-66-63(73)38-45(6)39-64(66)74(52-32-28-50(29-33-52)70(7,8)9)67-65-56-35-26-48(43(3)4)40-60(56)71(68(65)75-69(67)72)58-21-15-13-19-54(58)55-20-14-16-22-59(55)71/h10-43H,1-9H3. The van der Waals surface area contributed by atoms with E-state index in [2.05, 4.69) is 278 Å². The molecule has 75 heavy (non-hydrogen) atoms. The van der Waals surface area contributed by atoms with Gasteiger partial charge < -0.3 is 9.80 Å². The third kappa shape index (κ3) is 6.64. The lowest BCUT2D eigenvalue weighted by molar-refractivity contribution is 0.590. The first kappa shape index (κ1) is 45.9. The number of nitrogens with zero attached hydrogens (tertiary/aromatic N) is 2. The molecule has 0 atom stereocenters. The molecule has 1 aromatic heterocycles. The number of thiophene rings is 1. The molecule has 4 aliphatic rings. The second kappa shape index (κ2) is 16.7. The molecule has 364 valence electrons. The lowest BCUT2D eigenvalue weighted by atomic mass is 9.36. The Kier molecular flexibility index (Phi) is 10.2. The van der Waals surface area contributed by atoms with Crippen LogP contribution in [0.4, 0.5) is 34.1 Å². The van der Waals surface area contributed by atoms with E-state index in [1.807, 2.05) is 0 Å². The second-order valence-electron chi connectivity index (χ2n) is 23.4. The number of fused-ring (bicyclic) bond motifs is 15. The molecular weight excluding hydrogens is 924 g/mol. The zero-order valence-corrected chi connectivity index (χ0v) is 45.3. The highest BCUT2D eigenvalue weighted by atomic mass is 32.1. The summed E-state index contributed by atoms with van der Waals surface area (Å²) in [6.45, 7) is 20.7. The fourth-order valence-corrected chi connectivity index (χ4v) is 15.1. The van der Waals surface area contributed by atoms with Crippen LogP contribution in [0.25, 0.3) is 44.5 Å². The SMILES string of the molecule is Cc1ccc(-c2ccccc2)c(-c2ccc3c(c2)N(c2ccc(C(C)C)cc2)c2cc(C)cc4c2B3c2sc3c(c2N4c2ccc(C(C)(C)C)cc2)-c2ccc(C(C)C)cc2C32c3ccccc3-c3ccccc32)c1. The highest BCUT2D eigenvalue weighted by Crippen LogP contribution is 2.67. The molecule has 2 aliphatic carbocycles. The summed E-state index contributed by atoms with van der Waals surface area (Å²) in [5, 5.41) is 0. The molecule has 10 aromatic rings. The predicted molar refractivity (Wildman–Crippen MR) is 322 cm³/mol. The predicted octanol–water partition coefficient (Wildman–Crippen LogP) is 17.7. The third-order valence-electron chi connectivity index (χ3n) is 17.1. The molecule has 0 radical (unpaired) electrons. The van der Waals surface area contributed by atoms with Crippen LogP contribution in [0.1, 0.15) is 110 Å². The van der Waals surface area contributed by atoms with Crippen molar-refractivity contribution in [1.82, 2.24) is 0 Å². The van der Waals surface area contributed by atoms with Gasteiger partial charge in [0, 0.05) is 43.7 Å². The van der Waals surface area contributed by atoms with Gasteiger partial charge >= 0.3 is 0 Å². The Morgan fingerprint density at radius 3 is 1.73 bits per heavy atom. The van der Waals surface area contributed by atoms with Crippen LogP contribution in [-0.2, 0) is 10.8 Å². The van der Waals surface area contributed by atoms with Gasteiger partial charge in [-0.3, -0.25) is 0 Å². The molecular formula is C71H61BN2S. The van der Waals surface area contributed by atoms with Crippen LogP contribution in [0.3, 0.4) is 0 Å². The average Bonchev–Trinajstić information content (AvgIpc) is 4.27. The minimum absolute atomic E-state index is 0.0139. The van der Waals surface area contributed by atoms with Crippen molar-refractivity contribution in [1.29, 1.82) is 0 Å². The van der Waals surface area contributed by atoms with Gasteiger partial charge in [-0.05, 0) is 162 Å². The molecule has 0 saturated heterocycles. The van der Waals surface area contributed by atoms with Crippen molar-refractivity contribution in [3.63, 3.8) is 0 Å². The fraction of sp³-hybridized carbons (Fsp3) is 0.183. The Morgan fingerprint density at radius 2 is 1.07 bits per heavy atom. The summed E-state index contributed by atoms with van der Waals surface area (Å²) in [7, 11) is 0. The molecule has 1 spiro atoms. The summed E-state index contributed by atoms with van der Waals surface area (Å²) < 4.78 is 1.40. The Bertz CT molecular complexity index is 3920. The van der Waals surface area contributed by atoms with E-state index in [4.69, 9.17) is 0 Å². The van der Waals surface area contributed by atoms with Gasteiger partial charge in [-0.2, -0.15) is 0 Å². The van der Waals surface area contributed by atoms with E-state index >= 15 is 0 Å². The first-order valence-electron chi connectivity index (χ1n) is 27.1. The smallest absolute Gasteiger partial charge is 0.264 e. The van der Waals surface area contributed by atoms with Crippen molar-refractivity contribution < 1.29 is 0 Å². The van der Waals surface area contributed by atoms with Gasteiger partial charge in [-0.15, -0.1) is 11.3 Å². The number of rotatable bonds is 6. The lowest BCUT2D eigenvalue weighted by Crippen LogP contribution is -2.60. The summed E-state index contributed by atoms with van der Waals surface area (Å²) in [5.74, 6) is 0.810. The van der Waals surface area contributed by atoms with Crippen molar-refractivity contribution >= 4 is 67.9 Å². The van der Waals surface area contributed by atoms with E-state index in [9.17, 15) is 0 Å². The highest BCUT2D eigenvalue weighted by molar-refractivity contribution is 7.30. The zero-order chi connectivity index (χ0) is 51.2. The molecule has 3 heterocycles. The summed E-state index contributed by atoms with van der Waals surface area (Å²) in [6.07, 6.45) is 0. The maximum Gasteiger partial charge on any atom is 0.264 e. The Hall–Kier alpha value is -7.66. The number of benzene rings is 9. The monoisotopic (exact) mass is 984 g/mol. The molecule has 0 N–H and O–H groups in total. The number of aryl methyl sites for hydroxylation is 2. The van der Waals surface area contributed by atoms with Crippen molar-refractivity contribution in [2.75, 3.05) is 9.80 Å². The van der Waals surface area contributed by atoms with Crippen LogP contribution in [-0.4, -0.2) is 6.71 Å². The topological polar surface area (TPSA) is 6.48 Å². The van der Waals surface area contributed by atoms with Gasteiger partial charge in [0.15, 0.2) is 0 Å². The first-order chi connectivity index (χ1) is 36.3. The molecule has 0 saturated carbocycles. The maximum atomic E-state index is 2.68. The van der Waals surface area contributed by atoms with Crippen LogP contribution >= 0.6 is 11.3 Å². The van der Waals surface area contributed by atoms with E-state index in [1.165, 1.54) is 144 Å². The molecule has 0 bridgehead atoms. The molecule has 14 rings (SSSR count). The number of anilines is 6. The van der Waals surface area contributed by atoms with Gasteiger partial charge in [0.1, 0.15) is 0 Å². The molecule has 4 heteroatoms. The highest BCUT2D eigenvalue weighted by Gasteiger charge is 2.57. The Morgan fingerprint density at radius 1 is 0.467 bits per heavy atom. The summed E-state index contributed by atoms with van der Waals surface area (Å²) in [5.41, 5.74) is 30.7. The van der Waals surface area contributed by atoms with Gasteiger partial charge in [0.05, 0.1) is 11.1 Å². The molecule has 9 aromatic carbocycles. The molecule has 0 unspecified atom stereocenters.